The van der Waals surface area contributed by atoms with E-state index >= 15 is 0 Å². The van der Waals surface area contributed by atoms with Gasteiger partial charge < -0.3 is 15.4 Å². The Balaban J connectivity index is 1.54. The minimum absolute atomic E-state index is 0.0548. The summed E-state index contributed by atoms with van der Waals surface area (Å²) >= 11 is 0. The Morgan fingerprint density at radius 1 is 0.962 bits per heavy atom. The maximum atomic E-state index is 12.5. The third-order valence-corrected chi connectivity index (χ3v) is 5.94. The molecular weight excluding hydrogens is 328 g/mol. The van der Waals surface area contributed by atoms with Crippen LogP contribution in [0.4, 0.5) is 0 Å². The van der Waals surface area contributed by atoms with E-state index in [0.717, 1.165) is 50.4 Å². The van der Waals surface area contributed by atoms with E-state index in [1.807, 2.05) is 12.1 Å². The van der Waals surface area contributed by atoms with Gasteiger partial charge >= 0.3 is 0 Å². The molecule has 2 N–H and O–H groups in total. The van der Waals surface area contributed by atoms with E-state index in [1.165, 1.54) is 5.56 Å². The molecule has 1 aromatic carbocycles. The highest BCUT2D eigenvalue weighted by molar-refractivity contribution is 5.80. The van der Waals surface area contributed by atoms with E-state index < -0.39 is 0 Å². The lowest BCUT2D eigenvalue weighted by atomic mass is 9.91. The van der Waals surface area contributed by atoms with Crippen LogP contribution < -0.4 is 10.6 Å². The first-order chi connectivity index (χ1) is 12.5. The van der Waals surface area contributed by atoms with Crippen LogP contribution in [0, 0.1) is 0 Å². The minimum atomic E-state index is -0.198. The Labute approximate surface area is 154 Å². The van der Waals surface area contributed by atoms with Crippen LogP contribution in [0.15, 0.2) is 24.3 Å². The second-order valence-electron chi connectivity index (χ2n) is 7.89. The van der Waals surface area contributed by atoms with Crippen LogP contribution in [0.2, 0.25) is 0 Å². The molecule has 0 spiro atoms. The van der Waals surface area contributed by atoms with Gasteiger partial charge in [-0.2, -0.15) is 0 Å². The van der Waals surface area contributed by atoms with Crippen molar-refractivity contribution in [3.8, 4) is 0 Å². The maximum Gasteiger partial charge on any atom is 0.224 e. The molecule has 0 aromatic heterocycles. The normalized spacial score (nSPS) is 26.5. The van der Waals surface area contributed by atoms with Crippen molar-refractivity contribution in [1.82, 2.24) is 10.6 Å². The van der Waals surface area contributed by atoms with Crippen LogP contribution in [0.25, 0.3) is 0 Å². The average Bonchev–Trinajstić information content (AvgIpc) is 3.15. The molecule has 140 valence electrons. The van der Waals surface area contributed by atoms with Gasteiger partial charge in [0.15, 0.2) is 0 Å². The van der Waals surface area contributed by atoms with Gasteiger partial charge in [-0.3, -0.25) is 9.59 Å². The standard InChI is InChI=1S/C21H28N2O3/c1-2-16-5-7-17(8-6-16)14-19(26)23-21-11-9-20(15-21,10-12-21)22-18(25)4-3-13-24/h5-8,13H,2-4,9-12,14-15H2,1H3,(H,22,25)(H,23,26). The van der Waals surface area contributed by atoms with Crippen molar-refractivity contribution in [2.75, 3.05) is 0 Å². The first-order valence-electron chi connectivity index (χ1n) is 9.62. The topological polar surface area (TPSA) is 75.3 Å². The lowest BCUT2D eigenvalue weighted by molar-refractivity contribution is -0.124. The van der Waals surface area contributed by atoms with E-state index in [1.54, 1.807) is 0 Å². The van der Waals surface area contributed by atoms with Crippen molar-refractivity contribution in [1.29, 1.82) is 0 Å². The van der Waals surface area contributed by atoms with Crippen molar-refractivity contribution < 1.29 is 14.4 Å². The summed E-state index contributed by atoms with van der Waals surface area (Å²) in [6, 6.07) is 8.20. The van der Waals surface area contributed by atoms with Crippen molar-refractivity contribution in [2.45, 2.75) is 75.8 Å². The van der Waals surface area contributed by atoms with Gasteiger partial charge in [-0.25, -0.2) is 0 Å². The molecule has 2 aliphatic rings. The van der Waals surface area contributed by atoms with Crippen LogP contribution in [-0.4, -0.2) is 29.2 Å². The van der Waals surface area contributed by atoms with Gasteiger partial charge in [-0.1, -0.05) is 31.2 Å². The first kappa shape index (κ1) is 18.6. The maximum absolute atomic E-state index is 12.5. The second-order valence-corrected chi connectivity index (χ2v) is 7.89. The fraction of sp³-hybridized carbons (Fsp3) is 0.571. The van der Waals surface area contributed by atoms with E-state index in [0.29, 0.717) is 6.42 Å². The highest BCUT2D eigenvalue weighted by atomic mass is 16.2. The number of benzene rings is 1. The number of hydrogen-bond acceptors (Lipinski definition) is 3. The van der Waals surface area contributed by atoms with Crippen LogP contribution in [-0.2, 0) is 27.2 Å². The van der Waals surface area contributed by atoms with Crippen LogP contribution in [0.1, 0.15) is 63.0 Å². The number of aldehydes is 1. The Bertz CT molecular complexity index is 673. The number of amides is 2. The zero-order valence-electron chi connectivity index (χ0n) is 15.5. The lowest BCUT2D eigenvalue weighted by Crippen LogP contribution is -2.46. The molecule has 0 unspecified atom stereocenters. The van der Waals surface area contributed by atoms with E-state index in [9.17, 15) is 14.4 Å². The smallest absolute Gasteiger partial charge is 0.224 e. The SMILES string of the molecule is CCc1ccc(CC(=O)NC23CCC(NC(=O)CCC=O)(CC2)C3)cc1. The summed E-state index contributed by atoms with van der Waals surface area (Å²) in [6.07, 6.45) is 7.07. The largest absolute Gasteiger partial charge is 0.351 e. The number of fused-ring (bicyclic) bond motifs is 2. The number of hydrogen-bond donors (Lipinski definition) is 2. The van der Waals surface area contributed by atoms with Crippen molar-refractivity contribution in [3.63, 3.8) is 0 Å². The monoisotopic (exact) mass is 356 g/mol. The predicted octanol–water partition coefficient (Wildman–Crippen LogP) is 2.46. The molecule has 5 heteroatoms. The third kappa shape index (κ3) is 4.14. The summed E-state index contributed by atoms with van der Waals surface area (Å²) in [5, 5.41) is 6.39. The second kappa shape index (κ2) is 7.60. The third-order valence-electron chi connectivity index (χ3n) is 5.94. The average molecular weight is 356 g/mol. The molecular formula is C21H28N2O3. The first-order valence-corrected chi connectivity index (χ1v) is 9.62. The molecule has 0 aliphatic heterocycles. The summed E-state index contributed by atoms with van der Waals surface area (Å²) in [4.78, 5) is 35.0. The fourth-order valence-corrected chi connectivity index (χ4v) is 4.51. The van der Waals surface area contributed by atoms with E-state index in [2.05, 4.69) is 29.7 Å². The molecule has 0 atom stereocenters. The number of nitrogens with one attached hydrogen (secondary N) is 2. The highest BCUT2D eigenvalue weighted by Crippen LogP contribution is 2.50. The number of aryl methyl sites for hydroxylation is 1. The molecule has 0 saturated heterocycles. The molecule has 2 saturated carbocycles. The summed E-state index contributed by atoms with van der Waals surface area (Å²) in [5.74, 6) is -0.00336. The molecule has 3 rings (SSSR count). The molecule has 0 radical (unpaired) electrons. The molecule has 2 aliphatic carbocycles. The lowest BCUT2D eigenvalue weighted by Gasteiger charge is -2.29. The Kier molecular flexibility index (Phi) is 5.44. The highest BCUT2D eigenvalue weighted by Gasteiger charge is 2.55. The predicted molar refractivity (Wildman–Crippen MR) is 99.7 cm³/mol. The van der Waals surface area contributed by atoms with E-state index in [4.69, 9.17) is 0 Å². The number of rotatable bonds is 8. The number of carbonyl (C=O) groups excluding carboxylic acids is 3. The van der Waals surface area contributed by atoms with Gasteiger partial charge in [0.2, 0.25) is 11.8 Å². The van der Waals surface area contributed by atoms with Crippen LogP contribution in [0.5, 0.6) is 0 Å². The van der Waals surface area contributed by atoms with Gasteiger partial charge in [0.1, 0.15) is 6.29 Å². The van der Waals surface area contributed by atoms with E-state index in [-0.39, 0.29) is 35.7 Å². The molecule has 2 bridgehead atoms. The zero-order chi connectivity index (χ0) is 18.6. The van der Waals surface area contributed by atoms with Gasteiger partial charge in [0.25, 0.3) is 0 Å². The van der Waals surface area contributed by atoms with Crippen molar-refractivity contribution in [3.05, 3.63) is 35.4 Å². The zero-order valence-corrected chi connectivity index (χ0v) is 15.5. The van der Waals surface area contributed by atoms with Crippen LogP contribution in [0.3, 0.4) is 0 Å². The van der Waals surface area contributed by atoms with Gasteiger partial charge in [-0.15, -0.1) is 0 Å². The summed E-state index contributed by atoms with van der Waals surface area (Å²) < 4.78 is 0. The van der Waals surface area contributed by atoms with Gasteiger partial charge in [0.05, 0.1) is 6.42 Å². The minimum Gasteiger partial charge on any atom is -0.351 e. The molecule has 5 nitrogen and oxygen atoms in total. The Hall–Kier alpha value is -2.17. The van der Waals surface area contributed by atoms with Gasteiger partial charge in [-0.05, 0) is 49.7 Å². The molecule has 2 fully saturated rings. The summed E-state index contributed by atoms with van der Waals surface area (Å²) in [6.45, 7) is 2.12. The van der Waals surface area contributed by atoms with Crippen molar-refractivity contribution in [2.24, 2.45) is 0 Å². The molecule has 0 heterocycles. The van der Waals surface area contributed by atoms with Gasteiger partial charge in [0, 0.05) is 23.9 Å². The Morgan fingerprint density at radius 2 is 1.50 bits per heavy atom. The van der Waals surface area contributed by atoms with Crippen LogP contribution >= 0.6 is 0 Å². The molecule has 1 aromatic rings. The van der Waals surface area contributed by atoms with Crippen molar-refractivity contribution >= 4 is 18.1 Å². The summed E-state index contributed by atoms with van der Waals surface area (Å²) in [5.41, 5.74) is 1.92. The molecule has 2 amide bonds. The Morgan fingerprint density at radius 3 is 2.04 bits per heavy atom. The number of carbonyl (C=O) groups is 3. The molecule has 26 heavy (non-hydrogen) atoms. The quantitative estimate of drug-likeness (QED) is 0.703. The summed E-state index contributed by atoms with van der Waals surface area (Å²) in [7, 11) is 0. The fourth-order valence-electron chi connectivity index (χ4n) is 4.51.